The normalized spacial score (nSPS) is 15.0. The number of amides is 2. The largest absolute Gasteiger partial charge is 0.497 e. The van der Waals surface area contributed by atoms with Crippen molar-refractivity contribution in [1.82, 2.24) is 24.7 Å². The van der Waals surface area contributed by atoms with E-state index in [9.17, 15) is 14.4 Å². The minimum atomic E-state index is -0.628. The number of carbonyl (C=O) groups is 2. The number of aromatic nitrogens is 2. The molecule has 1 fully saturated rings. The highest BCUT2D eigenvalue weighted by Gasteiger charge is 2.32. The zero-order chi connectivity index (χ0) is 35.3. The third-order valence-corrected chi connectivity index (χ3v) is 8.97. The maximum absolute atomic E-state index is 13.5. The summed E-state index contributed by atoms with van der Waals surface area (Å²) in [5, 5.41) is 3.58. The van der Waals surface area contributed by atoms with Gasteiger partial charge in [0.05, 0.1) is 18.2 Å². The molecule has 2 aromatic heterocycles. The van der Waals surface area contributed by atoms with Gasteiger partial charge in [0, 0.05) is 75.2 Å². The van der Waals surface area contributed by atoms with Crippen LogP contribution in [0, 0.1) is 0 Å². The summed E-state index contributed by atoms with van der Waals surface area (Å²) in [6.45, 7) is 9.86. The maximum Gasteiger partial charge on any atom is 0.410 e. The van der Waals surface area contributed by atoms with Crippen LogP contribution < -0.4 is 25.1 Å². The molecule has 2 aliphatic rings. The molecule has 0 saturated carbocycles. The van der Waals surface area contributed by atoms with Gasteiger partial charge in [-0.2, -0.15) is 0 Å². The third kappa shape index (κ3) is 8.36. The Morgan fingerprint density at radius 3 is 2.48 bits per heavy atom. The predicted octanol–water partition coefficient (Wildman–Crippen LogP) is 5.01. The molecular weight excluding hydrogens is 638 g/mol. The Kier molecular flexibility index (Phi) is 10.6. The van der Waals surface area contributed by atoms with Crippen LogP contribution in [-0.4, -0.2) is 83.0 Å². The second-order valence-corrected chi connectivity index (χ2v) is 13.6. The van der Waals surface area contributed by atoms with Crippen LogP contribution in [0.15, 0.2) is 71.8 Å². The average Bonchev–Trinajstić information content (AvgIpc) is 3.12. The first-order chi connectivity index (χ1) is 24.1. The quantitative estimate of drug-likeness (QED) is 0.246. The number of pyridine rings is 2. The molecule has 4 heterocycles. The number of hydrogen-bond acceptors (Lipinski definition) is 9. The zero-order valence-electron chi connectivity index (χ0n) is 29.1. The Bertz CT molecular complexity index is 1880. The second-order valence-electron chi connectivity index (χ2n) is 13.6. The molecule has 2 amide bonds. The van der Waals surface area contributed by atoms with Crippen LogP contribution in [0.2, 0.25) is 0 Å². The van der Waals surface area contributed by atoms with Gasteiger partial charge in [-0.05, 0) is 75.1 Å². The fourth-order valence-corrected chi connectivity index (χ4v) is 6.43. The van der Waals surface area contributed by atoms with Gasteiger partial charge < -0.3 is 38.6 Å². The molecule has 1 saturated heterocycles. The lowest BCUT2D eigenvalue weighted by Crippen LogP contribution is -2.49. The highest BCUT2D eigenvalue weighted by atomic mass is 16.6. The molecule has 0 bridgehead atoms. The van der Waals surface area contributed by atoms with Gasteiger partial charge in [0.2, 0.25) is 0 Å². The summed E-state index contributed by atoms with van der Waals surface area (Å²) in [6, 6.07) is 16.3. The van der Waals surface area contributed by atoms with Crippen LogP contribution in [0.4, 0.5) is 4.79 Å². The zero-order valence-corrected chi connectivity index (χ0v) is 29.1. The molecule has 12 heteroatoms. The number of carbonyl (C=O) groups excluding carboxylic acids is 2. The summed E-state index contributed by atoms with van der Waals surface area (Å²) < 4.78 is 24.5. The van der Waals surface area contributed by atoms with Gasteiger partial charge in [-0.3, -0.25) is 14.6 Å². The molecule has 0 aliphatic carbocycles. The molecule has 0 atom stereocenters. The predicted molar refractivity (Wildman–Crippen MR) is 189 cm³/mol. The number of methoxy groups -OCH3 is 1. The number of ether oxygens (including phenoxy) is 4. The molecule has 264 valence electrons. The molecule has 4 aromatic rings. The van der Waals surface area contributed by atoms with Crippen LogP contribution in [0.1, 0.15) is 55.1 Å². The van der Waals surface area contributed by atoms with Gasteiger partial charge in [-0.25, -0.2) is 4.79 Å². The van der Waals surface area contributed by atoms with Crippen molar-refractivity contribution >= 4 is 22.9 Å². The summed E-state index contributed by atoms with van der Waals surface area (Å²) in [6.07, 6.45) is 4.53. The molecule has 0 spiro atoms. The van der Waals surface area contributed by atoms with E-state index in [2.05, 4.69) is 15.2 Å². The number of likely N-dealkylation sites (tertiary alicyclic amines) is 1. The third-order valence-electron chi connectivity index (χ3n) is 8.97. The first-order valence-electron chi connectivity index (χ1n) is 17.1. The number of nitrogens with one attached hydrogen (secondary N) is 1. The first kappa shape index (κ1) is 34.8. The van der Waals surface area contributed by atoms with Crippen LogP contribution >= 0.6 is 0 Å². The van der Waals surface area contributed by atoms with E-state index in [0.717, 1.165) is 37.1 Å². The summed E-state index contributed by atoms with van der Waals surface area (Å²) in [7, 11) is 1.58. The van der Waals surface area contributed by atoms with Crippen molar-refractivity contribution in [2.45, 2.75) is 64.9 Å². The Labute approximate surface area is 291 Å². The second kappa shape index (κ2) is 15.2. The Morgan fingerprint density at radius 2 is 1.76 bits per heavy atom. The van der Waals surface area contributed by atoms with Gasteiger partial charge >= 0.3 is 6.09 Å². The van der Waals surface area contributed by atoms with E-state index in [0.29, 0.717) is 73.1 Å². The van der Waals surface area contributed by atoms with E-state index in [4.69, 9.17) is 18.9 Å². The average molecular weight is 684 g/mol. The number of fused-ring (bicyclic) bond motifs is 2. The van der Waals surface area contributed by atoms with Gasteiger partial charge in [0.25, 0.3) is 11.5 Å². The van der Waals surface area contributed by atoms with Crippen molar-refractivity contribution in [2.75, 3.05) is 40.0 Å². The van der Waals surface area contributed by atoms with Gasteiger partial charge in [0.1, 0.15) is 24.6 Å². The summed E-state index contributed by atoms with van der Waals surface area (Å²) >= 11 is 0. The summed E-state index contributed by atoms with van der Waals surface area (Å²) in [5.74, 6) is 1.66. The topological polar surface area (TPSA) is 124 Å². The van der Waals surface area contributed by atoms with Crippen LogP contribution in [0.3, 0.4) is 0 Å². The van der Waals surface area contributed by atoms with Gasteiger partial charge in [-0.15, -0.1) is 0 Å². The van der Waals surface area contributed by atoms with Crippen molar-refractivity contribution in [1.29, 1.82) is 0 Å². The van der Waals surface area contributed by atoms with Crippen LogP contribution in [0.5, 0.6) is 17.2 Å². The number of hydrogen-bond donors (Lipinski definition) is 1. The van der Waals surface area contributed by atoms with Crippen LogP contribution in [0.25, 0.3) is 10.9 Å². The van der Waals surface area contributed by atoms with Crippen molar-refractivity contribution in [2.24, 2.45) is 0 Å². The molecule has 2 aromatic carbocycles. The molecule has 6 rings (SSSR count). The molecule has 50 heavy (non-hydrogen) atoms. The summed E-state index contributed by atoms with van der Waals surface area (Å²) in [4.78, 5) is 48.5. The lowest BCUT2D eigenvalue weighted by Gasteiger charge is -2.39. The Balaban J connectivity index is 1.14. The number of benzene rings is 2. The van der Waals surface area contributed by atoms with Gasteiger partial charge in [-0.1, -0.05) is 12.1 Å². The van der Waals surface area contributed by atoms with E-state index in [-0.39, 0.29) is 23.6 Å². The number of rotatable bonds is 10. The smallest absolute Gasteiger partial charge is 0.410 e. The van der Waals surface area contributed by atoms with Gasteiger partial charge in [0.15, 0.2) is 11.5 Å². The fraction of sp³-hybridized carbons (Fsp3) is 0.421. The van der Waals surface area contributed by atoms with Crippen molar-refractivity contribution in [3.8, 4) is 17.2 Å². The molecule has 2 aliphatic heterocycles. The highest BCUT2D eigenvalue weighted by molar-refractivity contribution is 6.06. The van der Waals surface area contributed by atoms with Crippen LogP contribution in [-0.2, 0) is 24.4 Å². The molecule has 0 radical (unpaired) electrons. The van der Waals surface area contributed by atoms with E-state index >= 15 is 0 Å². The molecular formula is C38H45N5O7. The Morgan fingerprint density at radius 1 is 0.980 bits per heavy atom. The summed E-state index contributed by atoms with van der Waals surface area (Å²) in [5.41, 5.74) is 1.86. The Hall–Kier alpha value is -5.10. The lowest BCUT2D eigenvalue weighted by atomic mass is 10.0. The molecule has 0 unspecified atom stereocenters. The van der Waals surface area contributed by atoms with E-state index < -0.39 is 5.60 Å². The van der Waals surface area contributed by atoms with E-state index in [1.54, 1.807) is 36.2 Å². The first-order valence-corrected chi connectivity index (χ1v) is 17.1. The number of nitrogens with zero attached hydrogens (tertiary/aromatic N) is 4. The van der Waals surface area contributed by atoms with Crippen molar-refractivity contribution < 1.29 is 28.5 Å². The minimum Gasteiger partial charge on any atom is -0.497 e. The fourth-order valence-electron chi connectivity index (χ4n) is 6.43. The van der Waals surface area contributed by atoms with Crippen molar-refractivity contribution in [3.05, 3.63) is 94.0 Å². The van der Waals surface area contributed by atoms with E-state index in [1.165, 1.54) is 6.07 Å². The maximum atomic E-state index is 13.5. The SMILES string of the molecule is COc1ccc2c(C(=O)NCc3cccnc3)cc(=O)n(CCN3CCC(N(Cc4ccc5c(c4)OCCO5)C(=O)OC(C)(C)C)CC3)c2c1. The van der Waals surface area contributed by atoms with Crippen molar-refractivity contribution in [3.63, 3.8) is 0 Å². The standard InChI is InChI=1S/C38H45N5O7/c1-38(2,3)50-37(46)43(25-26-7-10-33-34(20-26)49-19-18-48-33)28-11-14-41(15-12-28)16-17-42-32-21-29(47-4)8-9-30(32)31(22-35(42)44)36(45)40-24-27-6-5-13-39-23-27/h5-10,13,20-23,28H,11-12,14-19,24-25H2,1-4H3,(H,40,45). The monoisotopic (exact) mass is 683 g/mol. The highest BCUT2D eigenvalue weighted by Crippen LogP contribution is 2.32. The number of piperidine rings is 1. The molecule has 12 nitrogen and oxygen atoms in total. The van der Waals surface area contributed by atoms with E-state index in [1.807, 2.05) is 62.1 Å². The minimum absolute atomic E-state index is 0.0217. The molecule has 1 N–H and O–H groups in total. The lowest BCUT2D eigenvalue weighted by molar-refractivity contribution is 0.00561.